The first-order valence-electron chi connectivity index (χ1n) is 5.96. The van der Waals surface area contributed by atoms with Gasteiger partial charge in [-0.1, -0.05) is 37.3 Å². The molecule has 2 atom stereocenters. The molecule has 0 bridgehead atoms. The van der Waals surface area contributed by atoms with Gasteiger partial charge in [-0.25, -0.2) is 0 Å². The van der Waals surface area contributed by atoms with Crippen molar-refractivity contribution in [2.24, 2.45) is 5.73 Å². The fourth-order valence-corrected chi connectivity index (χ4v) is 2.26. The van der Waals surface area contributed by atoms with E-state index in [1.54, 1.807) is 0 Å². The number of nitrogens with two attached hydrogens (primary N) is 1. The summed E-state index contributed by atoms with van der Waals surface area (Å²) in [6, 6.07) is 10.4. The first-order valence-corrected chi connectivity index (χ1v) is 5.96. The molecule has 0 amide bonds. The molecule has 2 N–H and O–H groups in total. The maximum Gasteiger partial charge on any atom is 0.109 e. The zero-order valence-corrected chi connectivity index (χ0v) is 9.73. The third-order valence-electron chi connectivity index (χ3n) is 3.16. The Morgan fingerprint density at radius 3 is 2.62 bits per heavy atom. The summed E-state index contributed by atoms with van der Waals surface area (Å²) in [6.45, 7) is 2.96. The van der Waals surface area contributed by atoms with Crippen LogP contribution in [0.15, 0.2) is 42.2 Å². The van der Waals surface area contributed by atoms with Crippen molar-refractivity contribution in [3.05, 3.63) is 47.7 Å². The average molecular weight is 217 g/mol. The predicted octanol–water partition coefficient (Wildman–Crippen LogP) is 2.81. The number of benzene rings is 1. The van der Waals surface area contributed by atoms with Crippen molar-refractivity contribution in [3.8, 4) is 0 Å². The van der Waals surface area contributed by atoms with Crippen LogP contribution in [0.4, 0.5) is 0 Å². The van der Waals surface area contributed by atoms with Crippen LogP contribution in [0, 0.1) is 0 Å². The van der Waals surface area contributed by atoms with E-state index in [2.05, 4.69) is 37.3 Å². The molecular formula is C14H19NO. The smallest absolute Gasteiger partial charge is 0.109 e. The lowest BCUT2D eigenvalue weighted by Gasteiger charge is -2.23. The summed E-state index contributed by atoms with van der Waals surface area (Å²) in [6.07, 6.45) is 4.15. The average Bonchev–Trinajstić information content (AvgIpc) is 2.85. The van der Waals surface area contributed by atoms with E-state index in [0.29, 0.717) is 5.92 Å². The highest BCUT2D eigenvalue weighted by molar-refractivity contribution is 5.25. The van der Waals surface area contributed by atoms with Crippen molar-refractivity contribution in [3.63, 3.8) is 0 Å². The van der Waals surface area contributed by atoms with Gasteiger partial charge in [0, 0.05) is 12.3 Å². The van der Waals surface area contributed by atoms with Crippen LogP contribution in [-0.4, -0.2) is 12.6 Å². The summed E-state index contributed by atoms with van der Waals surface area (Å²) in [5, 5.41) is 0. The van der Waals surface area contributed by atoms with Crippen LogP contribution >= 0.6 is 0 Å². The molecule has 1 aliphatic heterocycles. The quantitative estimate of drug-likeness (QED) is 0.841. The Hall–Kier alpha value is -1.28. The zero-order valence-electron chi connectivity index (χ0n) is 9.73. The molecule has 1 aromatic rings. The van der Waals surface area contributed by atoms with Crippen molar-refractivity contribution in [1.82, 2.24) is 0 Å². The van der Waals surface area contributed by atoms with Gasteiger partial charge in [-0.3, -0.25) is 0 Å². The monoisotopic (exact) mass is 217 g/mol. The van der Waals surface area contributed by atoms with Gasteiger partial charge in [-0.15, -0.1) is 0 Å². The van der Waals surface area contributed by atoms with Gasteiger partial charge in [0.15, 0.2) is 0 Å². The first kappa shape index (κ1) is 11.2. The van der Waals surface area contributed by atoms with Crippen LogP contribution in [0.1, 0.15) is 31.2 Å². The fraction of sp³-hybridized carbons (Fsp3) is 0.429. The molecule has 0 aromatic heterocycles. The molecule has 16 heavy (non-hydrogen) atoms. The Balaban J connectivity index is 2.16. The minimum absolute atomic E-state index is 0.00472. The summed E-state index contributed by atoms with van der Waals surface area (Å²) in [5.41, 5.74) is 7.57. The van der Waals surface area contributed by atoms with Gasteiger partial charge in [-0.2, -0.15) is 0 Å². The number of hydrogen-bond acceptors (Lipinski definition) is 2. The van der Waals surface area contributed by atoms with Gasteiger partial charge in [-0.05, 0) is 18.1 Å². The van der Waals surface area contributed by atoms with Crippen molar-refractivity contribution >= 4 is 0 Å². The molecular weight excluding hydrogens is 198 g/mol. The molecule has 1 aliphatic rings. The van der Waals surface area contributed by atoms with Crippen molar-refractivity contribution in [2.75, 3.05) is 6.61 Å². The van der Waals surface area contributed by atoms with Crippen LogP contribution in [0.25, 0.3) is 0 Å². The topological polar surface area (TPSA) is 35.2 Å². The predicted molar refractivity (Wildman–Crippen MR) is 66.1 cm³/mol. The van der Waals surface area contributed by atoms with Crippen LogP contribution < -0.4 is 5.73 Å². The van der Waals surface area contributed by atoms with E-state index in [1.807, 2.05) is 6.07 Å². The molecule has 1 heterocycles. The van der Waals surface area contributed by atoms with Gasteiger partial charge >= 0.3 is 0 Å². The second kappa shape index (κ2) is 5.17. The van der Waals surface area contributed by atoms with E-state index < -0.39 is 0 Å². The Morgan fingerprint density at radius 1 is 1.31 bits per heavy atom. The maximum absolute atomic E-state index is 6.27. The van der Waals surface area contributed by atoms with Gasteiger partial charge in [0.1, 0.15) is 5.76 Å². The van der Waals surface area contributed by atoms with Gasteiger partial charge < -0.3 is 10.5 Å². The Morgan fingerprint density at radius 2 is 2.06 bits per heavy atom. The van der Waals surface area contributed by atoms with E-state index in [1.165, 1.54) is 5.56 Å². The van der Waals surface area contributed by atoms with Crippen LogP contribution in [0.5, 0.6) is 0 Å². The van der Waals surface area contributed by atoms with E-state index in [0.717, 1.165) is 25.2 Å². The lowest BCUT2D eigenvalue weighted by molar-refractivity contribution is 0.216. The number of ether oxygens (including phenoxy) is 1. The van der Waals surface area contributed by atoms with Crippen LogP contribution in [0.3, 0.4) is 0 Å². The standard InChI is InChI=1S/C14H19NO/c1-2-12(11-7-4-3-5-8-11)14(15)13-9-6-10-16-13/h3-5,7-9,12,14H,2,6,10,15H2,1H3. The Bertz CT molecular complexity index is 358. The fourth-order valence-electron chi connectivity index (χ4n) is 2.26. The third kappa shape index (κ3) is 2.27. The van der Waals surface area contributed by atoms with Crippen molar-refractivity contribution < 1.29 is 4.74 Å². The second-order valence-electron chi connectivity index (χ2n) is 4.19. The minimum atomic E-state index is -0.00472. The maximum atomic E-state index is 6.27. The minimum Gasteiger partial charge on any atom is -0.496 e. The summed E-state index contributed by atoms with van der Waals surface area (Å²) < 4.78 is 5.56. The summed E-state index contributed by atoms with van der Waals surface area (Å²) in [4.78, 5) is 0. The molecule has 1 aromatic carbocycles. The van der Waals surface area contributed by atoms with Crippen molar-refractivity contribution in [1.29, 1.82) is 0 Å². The first-order chi connectivity index (χ1) is 7.83. The molecule has 0 radical (unpaired) electrons. The van der Waals surface area contributed by atoms with Gasteiger partial charge in [0.25, 0.3) is 0 Å². The largest absolute Gasteiger partial charge is 0.496 e. The van der Waals surface area contributed by atoms with E-state index >= 15 is 0 Å². The van der Waals surface area contributed by atoms with E-state index in [4.69, 9.17) is 10.5 Å². The highest BCUT2D eigenvalue weighted by Gasteiger charge is 2.24. The molecule has 2 nitrogen and oxygen atoms in total. The Kier molecular flexibility index (Phi) is 3.62. The molecule has 0 saturated carbocycles. The SMILES string of the molecule is CCC(c1ccccc1)C(N)C1=CCCO1. The van der Waals surface area contributed by atoms with Gasteiger partial charge in [0.05, 0.1) is 12.6 Å². The van der Waals surface area contributed by atoms with Crippen molar-refractivity contribution in [2.45, 2.75) is 31.7 Å². The third-order valence-corrected chi connectivity index (χ3v) is 3.16. The Labute approximate surface area is 97.1 Å². The van der Waals surface area contributed by atoms with E-state index in [9.17, 15) is 0 Å². The molecule has 2 rings (SSSR count). The number of rotatable bonds is 4. The molecule has 0 aliphatic carbocycles. The molecule has 2 unspecified atom stereocenters. The zero-order chi connectivity index (χ0) is 11.4. The van der Waals surface area contributed by atoms with Crippen LogP contribution in [0.2, 0.25) is 0 Å². The van der Waals surface area contributed by atoms with Crippen LogP contribution in [-0.2, 0) is 4.74 Å². The molecule has 0 spiro atoms. The summed E-state index contributed by atoms with van der Waals surface area (Å²) in [5.74, 6) is 1.32. The highest BCUT2D eigenvalue weighted by Crippen LogP contribution is 2.28. The lowest BCUT2D eigenvalue weighted by atomic mass is 9.88. The second-order valence-corrected chi connectivity index (χ2v) is 4.19. The summed E-state index contributed by atoms with van der Waals surface area (Å²) >= 11 is 0. The molecule has 0 saturated heterocycles. The van der Waals surface area contributed by atoms with Gasteiger partial charge in [0.2, 0.25) is 0 Å². The summed E-state index contributed by atoms with van der Waals surface area (Å²) in [7, 11) is 0. The molecule has 86 valence electrons. The normalized spacial score (nSPS) is 18.8. The molecule has 0 fully saturated rings. The van der Waals surface area contributed by atoms with E-state index in [-0.39, 0.29) is 6.04 Å². The highest BCUT2D eigenvalue weighted by atomic mass is 16.5. The molecule has 2 heteroatoms. The lowest BCUT2D eigenvalue weighted by Crippen LogP contribution is -2.30. The number of hydrogen-bond donors (Lipinski definition) is 1.